The van der Waals surface area contributed by atoms with E-state index < -0.39 is 0 Å². The zero-order valence-electron chi connectivity index (χ0n) is 9.00. The van der Waals surface area contributed by atoms with Crippen LogP contribution in [0.1, 0.15) is 30.3 Å². The highest BCUT2D eigenvalue weighted by Crippen LogP contribution is 2.39. The molecule has 1 aromatic rings. The number of nitriles is 1. The van der Waals surface area contributed by atoms with Gasteiger partial charge in [0, 0.05) is 6.04 Å². The van der Waals surface area contributed by atoms with Crippen LogP contribution in [-0.2, 0) is 0 Å². The Hall–Kier alpha value is -0.610. The molecule has 1 aliphatic heterocycles. The standard InChI is InChI=1S/C10H16N4P2/c11-5-7-1-3-9(13(7)12)10-4-2-8(6-15)14(10)16/h1,3,8,10H,2,4,6,12,15-16H2. The van der Waals surface area contributed by atoms with Gasteiger partial charge in [-0.2, -0.15) is 5.26 Å². The van der Waals surface area contributed by atoms with Crippen LogP contribution in [-0.4, -0.2) is 21.6 Å². The predicted molar refractivity (Wildman–Crippen MR) is 71.2 cm³/mol. The third kappa shape index (κ3) is 1.84. The number of nitrogen functional groups attached to an aromatic ring is 1. The van der Waals surface area contributed by atoms with Crippen LogP contribution in [0.3, 0.4) is 0 Å². The number of hydrogen-bond donors (Lipinski definition) is 1. The Bertz CT molecular complexity index is 423. The number of aromatic nitrogens is 1. The van der Waals surface area contributed by atoms with Crippen LogP contribution in [0.5, 0.6) is 0 Å². The molecule has 0 aromatic carbocycles. The van der Waals surface area contributed by atoms with Crippen molar-refractivity contribution in [3.8, 4) is 6.07 Å². The van der Waals surface area contributed by atoms with Gasteiger partial charge in [0.25, 0.3) is 0 Å². The Morgan fingerprint density at radius 3 is 2.75 bits per heavy atom. The molecule has 2 rings (SSSR count). The minimum atomic E-state index is 0.308. The largest absolute Gasteiger partial charge is 0.338 e. The van der Waals surface area contributed by atoms with E-state index in [0.29, 0.717) is 17.8 Å². The van der Waals surface area contributed by atoms with E-state index in [2.05, 4.69) is 29.4 Å². The first-order valence-electron chi connectivity index (χ1n) is 5.29. The van der Waals surface area contributed by atoms with Gasteiger partial charge in [0.1, 0.15) is 11.8 Å². The predicted octanol–water partition coefficient (Wildman–Crippen LogP) is 1.24. The lowest BCUT2D eigenvalue weighted by Gasteiger charge is -2.24. The Morgan fingerprint density at radius 1 is 1.50 bits per heavy atom. The monoisotopic (exact) mass is 254 g/mol. The minimum Gasteiger partial charge on any atom is -0.338 e. The van der Waals surface area contributed by atoms with Gasteiger partial charge in [-0.3, -0.25) is 9.35 Å². The van der Waals surface area contributed by atoms with Gasteiger partial charge in [-0.05, 0) is 31.1 Å². The molecule has 6 heteroatoms. The maximum atomic E-state index is 8.87. The van der Waals surface area contributed by atoms with E-state index in [1.807, 2.05) is 6.07 Å². The van der Waals surface area contributed by atoms with Crippen molar-refractivity contribution in [2.45, 2.75) is 24.9 Å². The van der Waals surface area contributed by atoms with E-state index in [9.17, 15) is 0 Å². The van der Waals surface area contributed by atoms with Gasteiger partial charge in [-0.15, -0.1) is 9.24 Å². The van der Waals surface area contributed by atoms with Crippen molar-refractivity contribution in [2.24, 2.45) is 0 Å². The number of rotatable bonds is 2. The highest BCUT2D eigenvalue weighted by atomic mass is 31.0. The summed E-state index contributed by atoms with van der Waals surface area (Å²) in [6, 6.07) is 6.70. The number of hydrogen-bond acceptors (Lipinski definition) is 3. The van der Waals surface area contributed by atoms with Gasteiger partial charge in [-0.1, -0.05) is 9.39 Å². The molecular formula is C10H16N4P2. The Labute approximate surface area is 100 Å². The summed E-state index contributed by atoms with van der Waals surface area (Å²) >= 11 is 0. The third-order valence-electron chi connectivity index (χ3n) is 3.23. The fourth-order valence-corrected chi connectivity index (χ4v) is 3.56. The van der Waals surface area contributed by atoms with Gasteiger partial charge in [0.15, 0.2) is 0 Å². The van der Waals surface area contributed by atoms with Crippen molar-refractivity contribution in [3.63, 3.8) is 0 Å². The van der Waals surface area contributed by atoms with Crippen molar-refractivity contribution in [3.05, 3.63) is 23.5 Å². The van der Waals surface area contributed by atoms with Gasteiger partial charge in [0.2, 0.25) is 0 Å². The molecule has 0 aliphatic carbocycles. The molecule has 4 nitrogen and oxygen atoms in total. The molecule has 1 saturated heterocycles. The van der Waals surface area contributed by atoms with E-state index in [1.165, 1.54) is 11.1 Å². The number of nitrogens with zero attached hydrogens (tertiary/aromatic N) is 3. The SMILES string of the molecule is N#Cc1ccc(C2CCC(CP)N2P)n1N. The maximum absolute atomic E-state index is 8.87. The Balaban J connectivity index is 2.26. The zero-order valence-corrected chi connectivity index (χ0v) is 11.3. The highest BCUT2D eigenvalue weighted by molar-refractivity contribution is 7.17. The van der Waals surface area contributed by atoms with Crippen molar-refractivity contribution in [1.29, 1.82) is 5.26 Å². The van der Waals surface area contributed by atoms with E-state index in [0.717, 1.165) is 18.3 Å². The third-order valence-corrected chi connectivity index (χ3v) is 4.56. The van der Waals surface area contributed by atoms with E-state index in [1.54, 1.807) is 6.07 Å². The van der Waals surface area contributed by atoms with Gasteiger partial charge >= 0.3 is 0 Å². The minimum absolute atomic E-state index is 0.308. The van der Waals surface area contributed by atoms with Crippen LogP contribution in [0.4, 0.5) is 0 Å². The second-order valence-corrected chi connectivity index (χ2v) is 5.12. The lowest BCUT2D eigenvalue weighted by Crippen LogP contribution is -2.26. The molecule has 1 fully saturated rings. The first-order valence-corrected chi connectivity index (χ1v) is 6.62. The summed E-state index contributed by atoms with van der Waals surface area (Å²) in [6.07, 6.45) is 3.33. The van der Waals surface area contributed by atoms with Gasteiger partial charge in [-0.25, -0.2) is 0 Å². The molecule has 1 aromatic heterocycles. The lowest BCUT2D eigenvalue weighted by molar-refractivity contribution is 0.374. The summed E-state index contributed by atoms with van der Waals surface area (Å²) in [5, 5.41) is 8.87. The van der Waals surface area contributed by atoms with Crippen LogP contribution in [0.2, 0.25) is 0 Å². The number of nitrogens with two attached hydrogens (primary N) is 1. The average Bonchev–Trinajstić information content (AvgIpc) is 2.82. The second-order valence-electron chi connectivity index (χ2n) is 4.06. The van der Waals surface area contributed by atoms with Crippen LogP contribution in [0.25, 0.3) is 0 Å². The van der Waals surface area contributed by atoms with Crippen molar-refractivity contribution >= 4 is 18.6 Å². The normalized spacial score (nSPS) is 25.8. The fourth-order valence-electron chi connectivity index (χ4n) is 2.27. The van der Waals surface area contributed by atoms with Crippen LogP contribution < -0.4 is 5.84 Å². The average molecular weight is 254 g/mol. The quantitative estimate of drug-likeness (QED) is 0.638. The smallest absolute Gasteiger partial charge is 0.139 e. The first-order chi connectivity index (χ1) is 7.69. The molecule has 0 spiro atoms. The summed E-state index contributed by atoms with van der Waals surface area (Å²) in [5.41, 5.74) is 1.54. The summed E-state index contributed by atoms with van der Waals surface area (Å²) in [7, 11) is 5.57. The molecular weight excluding hydrogens is 238 g/mol. The zero-order chi connectivity index (χ0) is 11.7. The molecule has 4 unspecified atom stereocenters. The molecule has 0 bridgehead atoms. The molecule has 0 amide bonds. The molecule has 0 radical (unpaired) electrons. The maximum Gasteiger partial charge on any atom is 0.139 e. The van der Waals surface area contributed by atoms with E-state index in [4.69, 9.17) is 11.1 Å². The van der Waals surface area contributed by atoms with Crippen molar-refractivity contribution in [2.75, 3.05) is 12.0 Å². The molecule has 16 heavy (non-hydrogen) atoms. The fraction of sp³-hybridized carbons (Fsp3) is 0.500. The molecule has 2 heterocycles. The molecule has 86 valence electrons. The van der Waals surface area contributed by atoms with Crippen molar-refractivity contribution < 1.29 is 0 Å². The summed E-state index contributed by atoms with van der Waals surface area (Å²) in [4.78, 5) is 0. The Morgan fingerprint density at radius 2 is 2.25 bits per heavy atom. The Kier molecular flexibility index (Phi) is 3.50. The van der Waals surface area contributed by atoms with Gasteiger partial charge in [0.05, 0.1) is 11.7 Å². The summed E-state index contributed by atoms with van der Waals surface area (Å²) in [5.74, 6) is 5.90. The van der Waals surface area contributed by atoms with E-state index in [-0.39, 0.29) is 0 Å². The second kappa shape index (κ2) is 4.72. The first kappa shape index (κ1) is 11.9. The molecule has 2 N–H and O–H groups in total. The van der Waals surface area contributed by atoms with Crippen LogP contribution >= 0.6 is 18.6 Å². The lowest BCUT2D eigenvalue weighted by atomic mass is 10.1. The van der Waals surface area contributed by atoms with Crippen molar-refractivity contribution in [1.82, 2.24) is 9.35 Å². The van der Waals surface area contributed by atoms with Gasteiger partial charge < -0.3 is 5.84 Å². The van der Waals surface area contributed by atoms with Crippen LogP contribution in [0.15, 0.2) is 12.1 Å². The molecule has 1 aliphatic rings. The topological polar surface area (TPSA) is 58.0 Å². The summed E-state index contributed by atoms with van der Waals surface area (Å²) in [6.45, 7) is 0. The van der Waals surface area contributed by atoms with Crippen LogP contribution in [0, 0.1) is 11.3 Å². The molecule has 4 atom stereocenters. The van der Waals surface area contributed by atoms with E-state index >= 15 is 0 Å². The highest BCUT2D eigenvalue weighted by Gasteiger charge is 2.32. The molecule has 0 saturated carbocycles. The summed E-state index contributed by atoms with van der Waals surface area (Å²) < 4.78 is 3.78.